The zero-order valence-electron chi connectivity index (χ0n) is 10.7. The third-order valence-corrected chi connectivity index (χ3v) is 2.61. The van der Waals surface area contributed by atoms with Crippen molar-refractivity contribution in [2.45, 2.75) is 26.7 Å². The first-order valence-electron chi connectivity index (χ1n) is 5.85. The summed E-state index contributed by atoms with van der Waals surface area (Å²) in [7, 11) is 0. The fraction of sp³-hybridized carbons (Fsp3) is 0.250. The summed E-state index contributed by atoms with van der Waals surface area (Å²) < 4.78 is 14.0. The number of benzene rings is 1. The molecule has 0 aliphatic rings. The minimum Gasteiger partial charge on any atom is -0.206 e. The van der Waals surface area contributed by atoms with Crippen LogP contribution in [0.1, 0.15) is 37.8 Å². The Hall–Kier alpha value is -1.63. The lowest BCUT2D eigenvalue weighted by atomic mass is 9.97. The molecule has 0 unspecified atom stereocenters. The normalized spacial score (nSPS) is 12.4. The van der Waals surface area contributed by atoms with Crippen LogP contribution in [0.4, 0.5) is 4.39 Å². The molecule has 17 heavy (non-hydrogen) atoms. The lowest BCUT2D eigenvalue weighted by Gasteiger charge is -2.09. The Labute approximate surface area is 103 Å². The minimum atomic E-state index is -0.178. The molecule has 0 aliphatic carbocycles. The largest absolute Gasteiger partial charge is 0.206 e. The first kappa shape index (κ1) is 13.4. The van der Waals surface area contributed by atoms with Gasteiger partial charge in [-0.25, -0.2) is 4.39 Å². The van der Waals surface area contributed by atoms with Crippen LogP contribution in [0.2, 0.25) is 0 Å². The average Bonchev–Trinajstić information content (AvgIpc) is 2.28. The Morgan fingerprint density at radius 1 is 1.35 bits per heavy atom. The monoisotopic (exact) mass is 230 g/mol. The first-order valence-corrected chi connectivity index (χ1v) is 5.85. The zero-order valence-corrected chi connectivity index (χ0v) is 10.7. The van der Waals surface area contributed by atoms with E-state index in [2.05, 4.69) is 20.4 Å². The third-order valence-electron chi connectivity index (χ3n) is 2.61. The minimum absolute atomic E-state index is 0.178. The molecule has 0 N–H and O–H groups in total. The maximum Gasteiger partial charge on any atom is 0.131 e. The van der Waals surface area contributed by atoms with E-state index < -0.39 is 0 Å². The van der Waals surface area contributed by atoms with Gasteiger partial charge in [-0.3, -0.25) is 0 Å². The van der Waals surface area contributed by atoms with E-state index >= 15 is 0 Å². The Balaban J connectivity index is 3.22. The molecule has 0 aromatic heterocycles. The number of halogens is 1. The molecule has 0 atom stereocenters. The van der Waals surface area contributed by atoms with Crippen molar-refractivity contribution in [1.82, 2.24) is 0 Å². The van der Waals surface area contributed by atoms with Crippen molar-refractivity contribution in [2.24, 2.45) is 0 Å². The number of allylic oxidation sites excluding steroid dienone is 5. The first-order chi connectivity index (χ1) is 8.10. The van der Waals surface area contributed by atoms with Crippen molar-refractivity contribution in [3.8, 4) is 0 Å². The quantitative estimate of drug-likeness (QED) is 0.632. The van der Waals surface area contributed by atoms with Gasteiger partial charge in [-0.15, -0.1) is 0 Å². The molecule has 1 rings (SSSR count). The molecule has 0 saturated carbocycles. The second kappa shape index (κ2) is 6.19. The van der Waals surface area contributed by atoms with Crippen LogP contribution in [0, 0.1) is 5.82 Å². The van der Waals surface area contributed by atoms with Crippen molar-refractivity contribution in [2.75, 3.05) is 0 Å². The predicted octanol–water partition coefficient (Wildman–Crippen LogP) is 5.09. The van der Waals surface area contributed by atoms with Crippen molar-refractivity contribution >= 4 is 5.57 Å². The van der Waals surface area contributed by atoms with E-state index in [0.29, 0.717) is 11.5 Å². The highest BCUT2D eigenvalue weighted by atomic mass is 19.1. The van der Waals surface area contributed by atoms with Gasteiger partial charge in [0.05, 0.1) is 0 Å². The molecule has 0 amide bonds. The van der Waals surface area contributed by atoms with E-state index in [1.54, 1.807) is 12.1 Å². The topological polar surface area (TPSA) is 0 Å². The zero-order chi connectivity index (χ0) is 12.8. The van der Waals surface area contributed by atoms with Crippen LogP contribution in [-0.2, 0) is 0 Å². The van der Waals surface area contributed by atoms with Gasteiger partial charge in [0, 0.05) is 5.56 Å². The summed E-state index contributed by atoms with van der Waals surface area (Å²) in [4.78, 5) is 0. The summed E-state index contributed by atoms with van der Waals surface area (Å²) in [6, 6.07) is 5.42. The van der Waals surface area contributed by atoms with Crippen LogP contribution in [-0.4, -0.2) is 0 Å². The van der Waals surface area contributed by atoms with Crippen molar-refractivity contribution in [1.29, 1.82) is 0 Å². The maximum atomic E-state index is 14.0. The molecule has 0 radical (unpaired) electrons. The SMILES string of the molecule is C=C/C=C(\C=C/C)c1ccc(C(C)C)cc1F. The van der Waals surface area contributed by atoms with Gasteiger partial charge in [0.25, 0.3) is 0 Å². The van der Waals surface area contributed by atoms with Crippen LogP contribution in [0.15, 0.2) is 49.1 Å². The summed E-state index contributed by atoms with van der Waals surface area (Å²) in [6.07, 6.45) is 7.26. The molecular formula is C16H19F. The number of hydrogen-bond acceptors (Lipinski definition) is 0. The van der Waals surface area contributed by atoms with E-state index in [9.17, 15) is 4.39 Å². The summed E-state index contributed by atoms with van der Waals surface area (Å²) >= 11 is 0. The Bertz CT molecular complexity index is 451. The second-order valence-electron chi connectivity index (χ2n) is 4.25. The number of rotatable bonds is 4. The standard InChI is InChI=1S/C16H19F/c1-5-7-13(8-6-2)15-10-9-14(12(3)4)11-16(15)17/h5-12H,1H2,2-4H3/b8-6-,13-7+. The summed E-state index contributed by atoms with van der Waals surface area (Å²) in [6.45, 7) is 9.68. The summed E-state index contributed by atoms with van der Waals surface area (Å²) in [5.41, 5.74) is 2.48. The Morgan fingerprint density at radius 2 is 2.06 bits per heavy atom. The summed E-state index contributed by atoms with van der Waals surface area (Å²) in [5.74, 6) is 0.162. The van der Waals surface area contributed by atoms with Gasteiger partial charge in [-0.2, -0.15) is 0 Å². The lowest BCUT2D eigenvalue weighted by Crippen LogP contribution is -1.93. The fourth-order valence-electron chi connectivity index (χ4n) is 1.67. The lowest BCUT2D eigenvalue weighted by molar-refractivity contribution is 0.620. The van der Waals surface area contributed by atoms with Gasteiger partial charge in [0.15, 0.2) is 0 Å². The van der Waals surface area contributed by atoms with Crippen LogP contribution in [0.3, 0.4) is 0 Å². The van der Waals surface area contributed by atoms with Crippen LogP contribution < -0.4 is 0 Å². The van der Waals surface area contributed by atoms with E-state index in [4.69, 9.17) is 0 Å². The molecule has 1 aromatic rings. The number of hydrogen-bond donors (Lipinski definition) is 0. The highest BCUT2D eigenvalue weighted by molar-refractivity contribution is 5.75. The fourth-order valence-corrected chi connectivity index (χ4v) is 1.67. The van der Waals surface area contributed by atoms with Crippen molar-refractivity contribution in [3.05, 3.63) is 66.0 Å². The maximum absolute atomic E-state index is 14.0. The smallest absolute Gasteiger partial charge is 0.131 e. The average molecular weight is 230 g/mol. The van der Waals surface area contributed by atoms with Crippen LogP contribution >= 0.6 is 0 Å². The van der Waals surface area contributed by atoms with Gasteiger partial charge in [0.1, 0.15) is 5.82 Å². The van der Waals surface area contributed by atoms with Gasteiger partial charge in [0.2, 0.25) is 0 Å². The highest BCUT2D eigenvalue weighted by Crippen LogP contribution is 2.24. The highest BCUT2D eigenvalue weighted by Gasteiger charge is 2.07. The Kier molecular flexibility index (Phi) is 4.89. The molecule has 1 heteroatoms. The van der Waals surface area contributed by atoms with Gasteiger partial charge in [-0.05, 0) is 30.0 Å². The molecule has 1 aromatic carbocycles. The molecular weight excluding hydrogens is 211 g/mol. The molecule has 0 fully saturated rings. The van der Waals surface area contributed by atoms with Gasteiger partial charge in [-0.1, -0.05) is 56.9 Å². The molecule has 0 heterocycles. The molecule has 0 bridgehead atoms. The van der Waals surface area contributed by atoms with Crippen LogP contribution in [0.5, 0.6) is 0 Å². The molecule has 0 aliphatic heterocycles. The van der Waals surface area contributed by atoms with Crippen molar-refractivity contribution < 1.29 is 4.39 Å². The molecule has 0 spiro atoms. The van der Waals surface area contributed by atoms with E-state index in [-0.39, 0.29) is 5.82 Å². The van der Waals surface area contributed by atoms with Gasteiger partial charge >= 0.3 is 0 Å². The van der Waals surface area contributed by atoms with Gasteiger partial charge < -0.3 is 0 Å². The molecule has 0 nitrogen and oxygen atoms in total. The summed E-state index contributed by atoms with van der Waals surface area (Å²) in [5, 5.41) is 0. The second-order valence-corrected chi connectivity index (χ2v) is 4.25. The third kappa shape index (κ3) is 3.42. The van der Waals surface area contributed by atoms with Crippen molar-refractivity contribution in [3.63, 3.8) is 0 Å². The van der Waals surface area contributed by atoms with E-state index in [0.717, 1.165) is 11.1 Å². The van der Waals surface area contributed by atoms with E-state index in [1.807, 2.05) is 37.3 Å². The van der Waals surface area contributed by atoms with E-state index in [1.165, 1.54) is 0 Å². The van der Waals surface area contributed by atoms with Crippen LogP contribution in [0.25, 0.3) is 5.57 Å². The predicted molar refractivity (Wildman–Crippen MR) is 73.5 cm³/mol. The Morgan fingerprint density at radius 3 is 2.53 bits per heavy atom. The molecule has 90 valence electrons. The molecule has 0 saturated heterocycles.